The number of piperidine rings is 2. The highest BCUT2D eigenvalue weighted by molar-refractivity contribution is 5.79. The third-order valence-electron chi connectivity index (χ3n) is 4.77. The van der Waals surface area contributed by atoms with Crippen LogP contribution in [0.25, 0.3) is 0 Å². The van der Waals surface area contributed by atoms with Crippen LogP contribution in [-0.4, -0.2) is 84.5 Å². The fourth-order valence-corrected chi connectivity index (χ4v) is 3.26. The van der Waals surface area contributed by atoms with Crippen molar-refractivity contribution in [3.63, 3.8) is 0 Å². The molecule has 1 amide bonds. The number of nitrogens with zero attached hydrogens (tertiary/aromatic N) is 3. The monoisotopic (exact) mass is 297 g/mol. The maximum Gasteiger partial charge on any atom is 0.306 e. The molecule has 2 rings (SSSR count). The third kappa shape index (κ3) is 4.41. The number of carboxylic acid groups (broad SMARTS) is 1. The van der Waals surface area contributed by atoms with Crippen molar-refractivity contribution in [1.82, 2.24) is 14.7 Å². The summed E-state index contributed by atoms with van der Waals surface area (Å²) in [4.78, 5) is 29.6. The lowest BCUT2D eigenvalue weighted by molar-refractivity contribution is -0.146. The molecule has 1 unspecified atom stereocenters. The van der Waals surface area contributed by atoms with E-state index >= 15 is 0 Å². The highest BCUT2D eigenvalue weighted by Gasteiger charge is 2.29. The van der Waals surface area contributed by atoms with Gasteiger partial charge in [-0.25, -0.2) is 0 Å². The van der Waals surface area contributed by atoms with Crippen LogP contribution in [0.1, 0.15) is 25.7 Å². The van der Waals surface area contributed by atoms with Gasteiger partial charge in [-0.1, -0.05) is 0 Å². The fraction of sp³-hybridized carbons (Fsp3) is 0.867. The molecule has 1 N–H and O–H groups in total. The molecule has 2 fully saturated rings. The second-order valence-electron chi connectivity index (χ2n) is 6.49. The average molecular weight is 297 g/mol. The maximum absolute atomic E-state index is 12.3. The zero-order chi connectivity index (χ0) is 15.4. The van der Waals surface area contributed by atoms with Crippen molar-refractivity contribution in [2.75, 3.05) is 46.8 Å². The quantitative estimate of drug-likeness (QED) is 0.810. The smallest absolute Gasteiger partial charge is 0.306 e. The number of likely N-dealkylation sites (tertiary alicyclic amines) is 2. The van der Waals surface area contributed by atoms with Crippen LogP contribution >= 0.6 is 0 Å². The summed E-state index contributed by atoms with van der Waals surface area (Å²) in [5, 5.41) is 8.99. The molecular weight excluding hydrogens is 270 g/mol. The Hall–Kier alpha value is -1.14. The fourth-order valence-electron chi connectivity index (χ4n) is 3.26. The Bertz CT molecular complexity index is 378. The van der Waals surface area contributed by atoms with Gasteiger partial charge in [0, 0.05) is 25.7 Å². The minimum absolute atomic E-state index is 0.151. The van der Waals surface area contributed by atoms with Crippen LogP contribution in [0, 0.1) is 5.92 Å². The van der Waals surface area contributed by atoms with Gasteiger partial charge in [0.2, 0.25) is 5.91 Å². The van der Waals surface area contributed by atoms with E-state index in [-0.39, 0.29) is 11.8 Å². The number of amides is 1. The minimum Gasteiger partial charge on any atom is -0.481 e. The number of carbonyl (C=O) groups is 2. The Morgan fingerprint density at radius 1 is 1.14 bits per heavy atom. The molecule has 0 bridgehead atoms. The number of rotatable bonds is 4. The summed E-state index contributed by atoms with van der Waals surface area (Å²) in [6, 6.07) is 0.532. The first-order valence-corrected chi connectivity index (χ1v) is 7.86. The van der Waals surface area contributed by atoms with Crippen molar-refractivity contribution in [2.24, 2.45) is 5.92 Å². The Balaban J connectivity index is 1.78. The Morgan fingerprint density at radius 3 is 2.38 bits per heavy atom. The highest BCUT2D eigenvalue weighted by atomic mass is 16.4. The first kappa shape index (κ1) is 16.2. The van der Waals surface area contributed by atoms with E-state index in [1.807, 2.05) is 4.90 Å². The molecule has 0 aromatic rings. The molecule has 21 heavy (non-hydrogen) atoms. The second-order valence-corrected chi connectivity index (χ2v) is 6.49. The van der Waals surface area contributed by atoms with Gasteiger partial charge in [-0.3, -0.25) is 14.5 Å². The Morgan fingerprint density at radius 2 is 1.81 bits per heavy atom. The third-order valence-corrected chi connectivity index (χ3v) is 4.77. The molecule has 0 saturated carbocycles. The molecule has 2 aliphatic rings. The molecule has 2 heterocycles. The van der Waals surface area contributed by atoms with Gasteiger partial charge in [0.05, 0.1) is 12.5 Å². The summed E-state index contributed by atoms with van der Waals surface area (Å²) < 4.78 is 0. The molecule has 1 atom stereocenters. The number of carboxylic acids is 1. The van der Waals surface area contributed by atoms with E-state index in [9.17, 15) is 9.59 Å². The van der Waals surface area contributed by atoms with Crippen LogP contribution in [0.4, 0.5) is 0 Å². The normalized spacial score (nSPS) is 25.3. The molecule has 2 saturated heterocycles. The molecule has 6 nitrogen and oxygen atoms in total. The van der Waals surface area contributed by atoms with Crippen LogP contribution in [0.15, 0.2) is 0 Å². The SMILES string of the molecule is CN(C)C1CCCN(CC(=O)N2CCC(C(=O)O)CC2)C1. The highest BCUT2D eigenvalue weighted by Crippen LogP contribution is 2.18. The molecule has 120 valence electrons. The molecule has 0 radical (unpaired) electrons. The van der Waals surface area contributed by atoms with Crippen molar-refractivity contribution in [1.29, 1.82) is 0 Å². The topological polar surface area (TPSA) is 64.1 Å². The summed E-state index contributed by atoms with van der Waals surface area (Å²) in [5.41, 5.74) is 0. The first-order chi connectivity index (χ1) is 9.97. The molecule has 6 heteroatoms. The number of carbonyl (C=O) groups excluding carboxylic acids is 1. The Labute approximate surface area is 126 Å². The van der Waals surface area contributed by atoms with Crippen LogP contribution in [0.3, 0.4) is 0 Å². The van der Waals surface area contributed by atoms with Crippen molar-refractivity contribution >= 4 is 11.9 Å². The number of aliphatic carboxylic acids is 1. The van der Waals surface area contributed by atoms with Gasteiger partial charge in [0.1, 0.15) is 0 Å². The largest absolute Gasteiger partial charge is 0.481 e. The lowest BCUT2D eigenvalue weighted by Crippen LogP contribution is -2.50. The van der Waals surface area contributed by atoms with E-state index in [1.54, 1.807) is 0 Å². The Kier molecular flexibility index (Phi) is 5.58. The summed E-state index contributed by atoms with van der Waals surface area (Å²) in [6.07, 6.45) is 3.50. The van der Waals surface area contributed by atoms with Gasteiger partial charge in [0.15, 0.2) is 0 Å². The summed E-state index contributed by atoms with van der Waals surface area (Å²) in [5.74, 6) is -0.854. The lowest BCUT2D eigenvalue weighted by Gasteiger charge is -2.37. The maximum atomic E-state index is 12.3. The van der Waals surface area contributed by atoms with Crippen molar-refractivity contribution < 1.29 is 14.7 Å². The van der Waals surface area contributed by atoms with Crippen LogP contribution in [0.5, 0.6) is 0 Å². The van der Waals surface area contributed by atoms with Gasteiger partial charge in [-0.2, -0.15) is 0 Å². The van der Waals surface area contributed by atoms with E-state index in [0.29, 0.717) is 38.5 Å². The predicted octanol–water partition coefficient (Wildman–Crippen LogP) is 0.336. The predicted molar refractivity (Wildman–Crippen MR) is 80.1 cm³/mol. The zero-order valence-electron chi connectivity index (χ0n) is 13.1. The molecule has 0 aromatic carbocycles. The summed E-state index contributed by atoms with van der Waals surface area (Å²) >= 11 is 0. The number of hydrogen-bond acceptors (Lipinski definition) is 4. The molecular formula is C15H27N3O3. The van der Waals surface area contributed by atoms with E-state index in [2.05, 4.69) is 23.9 Å². The van der Waals surface area contributed by atoms with Gasteiger partial charge in [-0.05, 0) is 46.3 Å². The average Bonchev–Trinajstić information content (AvgIpc) is 2.47. The van der Waals surface area contributed by atoms with E-state index < -0.39 is 5.97 Å². The van der Waals surface area contributed by atoms with Gasteiger partial charge in [-0.15, -0.1) is 0 Å². The van der Waals surface area contributed by atoms with E-state index in [1.165, 1.54) is 6.42 Å². The first-order valence-electron chi connectivity index (χ1n) is 7.86. The van der Waals surface area contributed by atoms with Gasteiger partial charge >= 0.3 is 5.97 Å². The van der Waals surface area contributed by atoms with Crippen molar-refractivity contribution in [3.8, 4) is 0 Å². The lowest BCUT2D eigenvalue weighted by atomic mass is 9.97. The van der Waals surface area contributed by atoms with Crippen LogP contribution in [-0.2, 0) is 9.59 Å². The van der Waals surface area contributed by atoms with E-state index in [0.717, 1.165) is 19.5 Å². The molecule has 2 aliphatic heterocycles. The molecule has 0 spiro atoms. The standard InChI is InChI=1S/C15H27N3O3/c1-16(2)13-4-3-7-17(10-13)11-14(19)18-8-5-12(6-9-18)15(20)21/h12-13H,3-11H2,1-2H3,(H,20,21). The van der Waals surface area contributed by atoms with Gasteiger partial charge < -0.3 is 14.9 Å². The van der Waals surface area contributed by atoms with Crippen molar-refractivity contribution in [3.05, 3.63) is 0 Å². The van der Waals surface area contributed by atoms with Gasteiger partial charge in [0.25, 0.3) is 0 Å². The zero-order valence-corrected chi connectivity index (χ0v) is 13.1. The molecule has 0 aromatic heterocycles. The summed E-state index contributed by atoms with van der Waals surface area (Å²) in [6.45, 7) is 3.58. The number of likely N-dealkylation sites (N-methyl/N-ethyl adjacent to an activating group) is 1. The van der Waals surface area contributed by atoms with Crippen LogP contribution < -0.4 is 0 Å². The minimum atomic E-state index is -0.730. The van der Waals surface area contributed by atoms with Crippen molar-refractivity contribution in [2.45, 2.75) is 31.7 Å². The van der Waals surface area contributed by atoms with Crippen LogP contribution in [0.2, 0.25) is 0 Å². The number of hydrogen-bond donors (Lipinski definition) is 1. The summed E-state index contributed by atoms with van der Waals surface area (Å²) in [7, 11) is 4.18. The van der Waals surface area contributed by atoms with E-state index in [4.69, 9.17) is 5.11 Å². The second kappa shape index (κ2) is 7.22. The molecule has 0 aliphatic carbocycles.